The standard InChI is InChI=1S/C27H26N4O3S2/c1-5-15-31-24(20-14-10-9-11-17(20)2)29-30-27(31)35-16-21(32)28-25-23(26(33)34-4)22(18(3)36-25)19-12-7-6-8-13-19/h5-14H,1,15-16H2,2-4H3,(H,28,32). The van der Waals surface area contributed by atoms with E-state index in [-0.39, 0.29) is 11.7 Å². The average molecular weight is 519 g/mol. The minimum absolute atomic E-state index is 0.0985. The summed E-state index contributed by atoms with van der Waals surface area (Å²) in [5, 5.41) is 12.7. The van der Waals surface area contributed by atoms with E-state index in [0.717, 1.165) is 33.0 Å². The van der Waals surface area contributed by atoms with Crippen LogP contribution in [0.4, 0.5) is 5.00 Å². The van der Waals surface area contributed by atoms with E-state index in [2.05, 4.69) is 22.1 Å². The van der Waals surface area contributed by atoms with Crippen LogP contribution in [0.3, 0.4) is 0 Å². The molecule has 0 saturated carbocycles. The third kappa shape index (κ3) is 5.27. The van der Waals surface area contributed by atoms with E-state index in [1.165, 1.54) is 30.2 Å². The second-order valence-electron chi connectivity index (χ2n) is 7.95. The maximum absolute atomic E-state index is 13.0. The number of allylic oxidation sites excluding steroid dienone is 1. The summed E-state index contributed by atoms with van der Waals surface area (Å²) in [6.45, 7) is 8.31. The molecule has 0 aliphatic heterocycles. The number of carbonyl (C=O) groups is 2. The molecule has 4 aromatic rings. The van der Waals surface area contributed by atoms with Gasteiger partial charge in [-0.15, -0.1) is 28.1 Å². The number of thioether (sulfide) groups is 1. The maximum Gasteiger partial charge on any atom is 0.341 e. The van der Waals surface area contributed by atoms with Gasteiger partial charge in [0.25, 0.3) is 0 Å². The van der Waals surface area contributed by atoms with Gasteiger partial charge in [0, 0.05) is 22.5 Å². The third-order valence-electron chi connectivity index (χ3n) is 5.54. The van der Waals surface area contributed by atoms with Crippen LogP contribution in [0.2, 0.25) is 0 Å². The number of methoxy groups -OCH3 is 1. The summed E-state index contributed by atoms with van der Waals surface area (Å²) in [6.07, 6.45) is 1.78. The molecule has 0 radical (unpaired) electrons. The number of anilines is 1. The molecule has 0 aliphatic carbocycles. The fraction of sp³-hybridized carbons (Fsp3) is 0.185. The van der Waals surface area contributed by atoms with Crippen molar-refractivity contribution >= 4 is 40.0 Å². The minimum atomic E-state index is -0.491. The summed E-state index contributed by atoms with van der Waals surface area (Å²) >= 11 is 2.64. The van der Waals surface area contributed by atoms with Crippen molar-refractivity contribution in [1.29, 1.82) is 0 Å². The van der Waals surface area contributed by atoms with Crippen molar-refractivity contribution in [3.63, 3.8) is 0 Å². The van der Waals surface area contributed by atoms with Gasteiger partial charge < -0.3 is 10.1 Å². The molecule has 0 spiro atoms. The number of nitrogens with zero attached hydrogens (tertiary/aromatic N) is 3. The molecule has 2 aromatic heterocycles. The summed E-state index contributed by atoms with van der Waals surface area (Å²) in [5.41, 5.74) is 4.09. The smallest absolute Gasteiger partial charge is 0.341 e. The molecule has 9 heteroatoms. The maximum atomic E-state index is 13.0. The number of rotatable bonds is 9. The van der Waals surface area contributed by atoms with E-state index >= 15 is 0 Å². The zero-order chi connectivity index (χ0) is 25.7. The van der Waals surface area contributed by atoms with Crippen molar-refractivity contribution in [2.24, 2.45) is 0 Å². The lowest BCUT2D eigenvalue weighted by atomic mass is 10.0. The Balaban J connectivity index is 1.56. The van der Waals surface area contributed by atoms with Gasteiger partial charge in [0.1, 0.15) is 10.6 Å². The van der Waals surface area contributed by atoms with Crippen molar-refractivity contribution in [2.75, 3.05) is 18.2 Å². The Hall–Kier alpha value is -3.69. The van der Waals surface area contributed by atoms with Crippen molar-refractivity contribution in [3.8, 4) is 22.5 Å². The number of aryl methyl sites for hydroxylation is 2. The van der Waals surface area contributed by atoms with E-state index < -0.39 is 5.97 Å². The first-order chi connectivity index (χ1) is 17.4. The van der Waals surface area contributed by atoms with E-state index in [0.29, 0.717) is 22.3 Å². The monoisotopic (exact) mass is 518 g/mol. The largest absolute Gasteiger partial charge is 0.465 e. The van der Waals surface area contributed by atoms with Gasteiger partial charge in [-0.1, -0.05) is 72.4 Å². The van der Waals surface area contributed by atoms with Gasteiger partial charge in [-0.3, -0.25) is 9.36 Å². The van der Waals surface area contributed by atoms with Gasteiger partial charge in [-0.05, 0) is 25.0 Å². The number of nitrogens with one attached hydrogen (secondary N) is 1. The predicted octanol–water partition coefficient (Wildman–Crippen LogP) is 5.99. The molecule has 0 saturated heterocycles. The minimum Gasteiger partial charge on any atom is -0.465 e. The third-order valence-corrected chi connectivity index (χ3v) is 7.52. The number of thiophene rings is 1. The first kappa shape index (κ1) is 25.4. The lowest BCUT2D eigenvalue weighted by molar-refractivity contribution is -0.113. The average Bonchev–Trinajstić information content (AvgIpc) is 3.43. The highest BCUT2D eigenvalue weighted by Gasteiger charge is 2.25. The Bertz CT molecular complexity index is 1410. The Kier molecular flexibility index (Phi) is 8.02. The van der Waals surface area contributed by atoms with Gasteiger partial charge >= 0.3 is 5.97 Å². The quantitative estimate of drug-likeness (QED) is 0.166. The summed E-state index contributed by atoms with van der Waals surface area (Å²) in [5.74, 6) is 0.0815. The number of hydrogen-bond donors (Lipinski definition) is 1. The van der Waals surface area contributed by atoms with Crippen molar-refractivity contribution in [3.05, 3.63) is 83.3 Å². The molecule has 36 heavy (non-hydrogen) atoms. The summed E-state index contributed by atoms with van der Waals surface area (Å²) in [7, 11) is 1.34. The van der Waals surface area contributed by atoms with E-state index in [4.69, 9.17) is 4.74 Å². The van der Waals surface area contributed by atoms with Gasteiger partial charge in [-0.2, -0.15) is 0 Å². The number of esters is 1. The lowest BCUT2D eigenvalue weighted by Gasteiger charge is -2.10. The van der Waals surface area contributed by atoms with Crippen LogP contribution in [0.1, 0.15) is 20.8 Å². The highest BCUT2D eigenvalue weighted by molar-refractivity contribution is 7.99. The molecule has 2 heterocycles. The van der Waals surface area contributed by atoms with Crippen LogP contribution >= 0.6 is 23.1 Å². The lowest BCUT2D eigenvalue weighted by Crippen LogP contribution is -2.16. The van der Waals surface area contributed by atoms with Crippen molar-refractivity contribution in [1.82, 2.24) is 14.8 Å². The van der Waals surface area contributed by atoms with Crippen LogP contribution in [0.5, 0.6) is 0 Å². The van der Waals surface area contributed by atoms with Crippen LogP contribution in [0.15, 0.2) is 72.4 Å². The number of ether oxygens (including phenoxy) is 1. The fourth-order valence-electron chi connectivity index (χ4n) is 3.89. The zero-order valence-corrected chi connectivity index (χ0v) is 21.9. The Morgan fingerprint density at radius 3 is 2.53 bits per heavy atom. The molecule has 1 amide bonds. The molecule has 4 rings (SSSR count). The summed E-state index contributed by atoms with van der Waals surface area (Å²) in [4.78, 5) is 26.5. The number of aromatic nitrogens is 3. The van der Waals surface area contributed by atoms with Crippen LogP contribution in [0, 0.1) is 13.8 Å². The van der Waals surface area contributed by atoms with Crippen LogP contribution in [0.25, 0.3) is 22.5 Å². The predicted molar refractivity (Wildman–Crippen MR) is 146 cm³/mol. The van der Waals surface area contributed by atoms with E-state index in [9.17, 15) is 9.59 Å². The second kappa shape index (κ2) is 11.4. The molecular formula is C27H26N4O3S2. The van der Waals surface area contributed by atoms with Crippen molar-refractivity contribution < 1.29 is 14.3 Å². The zero-order valence-electron chi connectivity index (χ0n) is 20.3. The molecule has 0 fully saturated rings. The molecule has 0 atom stereocenters. The molecule has 0 bridgehead atoms. The normalized spacial score (nSPS) is 10.8. The Morgan fingerprint density at radius 1 is 1.11 bits per heavy atom. The molecule has 2 aromatic carbocycles. The second-order valence-corrected chi connectivity index (χ2v) is 10.1. The summed E-state index contributed by atoms with van der Waals surface area (Å²) < 4.78 is 6.98. The van der Waals surface area contributed by atoms with Crippen LogP contribution < -0.4 is 5.32 Å². The number of benzene rings is 2. The summed E-state index contributed by atoms with van der Waals surface area (Å²) in [6, 6.07) is 17.6. The molecule has 184 valence electrons. The van der Waals surface area contributed by atoms with Crippen LogP contribution in [-0.2, 0) is 16.1 Å². The van der Waals surface area contributed by atoms with Gasteiger partial charge in [0.05, 0.1) is 12.9 Å². The molecule has 1 N–H and O–H groups in total. The Morgan fingerprint density at radius 2 is 1.83 bits per heavy atom. The van der Waals surface area contributed by atoms with E-state index in [1.54, 1.807) is 6.08 Å². The Labute approximate surface area is 218 Å². The molecular weight excluding hydrogens is 492 g/mol. The first-order valence-electron chi connectivity index (χ1n) is 11.2. The SMILES string of the molecule is C=CCn1c(SCC(=O)Nc2sc(C)c(-c3ccccc3)c2C(=O)OC)nnc1-c1ccccc1C. The van der Waals surface area contributed by atoms with Gasteiger partial charge in [-0.25, -0.2) is 4.79 Å². The molecule has 7 nitrogen and oxygen atoms in total. The van der Waals surface area contributed by atoms with E-state index in [1.807, 2.05) is 73.0 Å². The number of amides is 1. The van der Waals surface area contributed by atoms with Gasteiger partial charge in [0.2, 0.25) is 5.91 Å². The van der Waals surface area contributed by atoms with Crippen LogP contribution in [-0.4, -0.2) is 39.5 Å². The molecule has 0 unspecified atom stereocenters. The first-order valence-corrected chi connectivity index (χ1v) is 13.0. The molecule has 0 aliphatic rings. The highest BCUT2D eigenvalue weighted by atomic mass is 32.2. The van der Waals surface area contributed by atoms with Crippen molar-refractivity contribution in [2.45, 2.75) is 25.5 Å². The highest BCUT2D eigenvalue weighted by Crippen LogP contribution is 2.40. The fourth-order valence-corrected chi connectivity index (χ4v) is 5.72. The topological polar surface area (TPSA) is 86.1 Å². The number of carbonyl (C=O) groups excluding carboxylic acids is 2. The number of hydrogen-bond acceptors (Lipinski definition) is 7. The van der Waals surface area contributed by atoms with Gasteiger partial charge in [0.15, 0.2) is 11.0 Å².